The highest BCUT2D eigenvalue weighted by Crippen LogP contribution is 2.39. The van der Waals surface area contributed by atoms with E-state index in [-0.39, 0.29) is 0 Å². The number of fused-ring (bicyclic) bond motifs is 1. The zero-order valence-corrected chi connectivity index (χ0v) is 11.3. The molecule has 19 heavy (non-hydrogen) atoms. The van der Waals surface area contributed by atoms with Crippen LogP contribution in [-0.2, 0) is 12.8 Å². The Morgan fingerprint density at radius 3 is 2.89 bits per heavy atom. The van der Waals surface area contributed by atoms with Crippen LogP contribution in [0.15, 0.2) is 30.6 Å². The van der Waals surface area contributed by atoms with E-state index in [0.29, 0.717) is 11.9 Å². The van der Waals surface area contributed by atoms with E-state index in [0.717, 1.165) is 24.2 Å². The molecule has 1 aliphatic heterocycles. The highest BCUT2D eigenvalue weighted by Gasteiger charge is 2.29. The first-order chi connectivity index (χ1) is 9.22. The molecule has 2 N–H and O–H groups in total. The minimum absolute atomic E-state index is 0.400. The van der Waals surface area contributed by atoms with Gasteiger partial charge < -0.3 is 10.6 Å². The van der Waals surface area contributed by atoms with E-state index in [1.165, 1.54) is 11.3 Å². The fourth-order valence-corrected chi connectivity index (χ4v) is 2.85. The van der Waals surface area contributed by atoms with Crippen molar-refractivity contribution in [2.45, 2.75) is 32.7 Å². The van der Waals surface area contributed by atoms with E-state index in [2.05, 4.69) is 53.0 Å². The van der Waals surface area contributed by atoms with Gasteiger partial charge in [0.2, 0.25) is 0 Å². The standard InChI is InChI=1S/C15H18N4/c1-3-12-14(16)17-9-18-15(12)19-10(2)8-11-6-4-5-7-13(11)19/h4-7,9-10H,3,8H2,1-2H3,(H2,16,17,18). The molecule has 0 radical (unpaired) electrons. The van der Waals surface area contributed by atoms with Crippen molar-refractivity contribution in [1.29, 1.82) is 0 Å². The van der Waals surface area contributed by atoms with Gasteiger partial charge in [-0.2, -0.15) is 0 Å². The number of hydrogen-bond donors (Lipinski definition) is 1. The van der Waals surface area contributed by atoms with Gasteiger partial charge in [0.1, 0.15) is 18.0 Å². The summed E-state index contributed by atoms with van der Waals surface area (Å²) in [5.74, 6) is 1.54. The molecule has 1 aliphatic rings. The maximum absolute atomic E-state index is 5.99. The number of hydrogen-bond acceptors (Lipinski definition) is 4. The molecule has 2 heterocycles. The monoisotopic (exact) mass is 254 g/mol. The largest absolute Gasteiger partial charge is 0.383 e. The lowest BCUT2D eigenvalue weighted by atomic mass is 10.1. The van der Waals surface area contributed by atoms with Crippen LogP contribution >= 0.6 is 0 Å². The molecule has 4 nitrogen and oxygen atoms in total. The third-order valence-electron chi connectivity index (χ3n) is 3.74. The van der Waals surface area contributed by atoms with Gasteiger partial charge >= 0.3 is 0 Å². The Hall–Kier alpha value is -2.10. The maximum atomic E-state index is 5.99. The van der Waals surface area contributed by atoms with Crippen molar-refractivity contribution < 1.29 is 0 Å². The Bertz CT molecular complexity index is 609. The van der Waals surface area contributed by atoms with Crippen molar-refractivity contribution in [3.8, 4) is 0 Å². The molecule has 0 spiro atoms. The summed E-state index contributed by atoms with van der Waals surface area (Å²) in [6.07, 6.45) is 3.44. The molecule has 0 amide bonds. The van der Waals surface area contributed by atoms with Gasteiger partial charge in [-0.25, -0.2) is 9.97 Å². The summed E-state index contributed by atoms with van der Waals surface area (Å²) < 4.78 is 0. The lowest BCUT2D eigenvalue weighted by Gasteiger charge is -2.26. The van der Waals surface area contributed by atoms with Crippen LogP contribution in [0.4, 0.5) is 17.3 Å². The van der Waals surface area contributed by atoms with Crippen LogP contribution in [0.2, 0.25) is 0 Å². The van der Waals surface area contributed by atoms with Crippen LogP contribution in [0.5, 0.6) is 0 Å². The van der Waals surface area contributed by atoms with Gasteiger partial charge in [0.05, 0.1) is 0 Å². The molecule has 1 atom stereocenters. The van der Waals surface area contributed by atoms with Crippen molar-refractivity contribution in [3.63, 3.8) is 0 Å². The van der Waals surface area contributed by atoms with Gasteiger partial charge in [0, 0.05) is 17.3 Å². The molecule has 98 valence electrons. The summed E-state index contributed by atoms with van der Waals surface area (Å²) in [5, 5.41) is 0. The predicted octanol–water partition coefficient (Wildman–Crippen LogP) is 2.70. The Labute approximate surface area is 113 Å². The SMILES string of the molecule is CCc1c(N)ncnc1N1c2ccccc2CC1C. The average molecular weight is 254 g/mol. The number of nitrogen functional groups attached to an aromatic ring is 1. The van der Waals surface area contributed by atoms with Crippen molar-refractivity contribution in [2.24, 2.45) is 0 Å². The van der Waals surface area contributed by atoms with E-state index in [1.807, 2.05) is 0 Å². The molecule has 4 heteroatoms. The van der Waals surface area contributed by atoms with E-state index >= 15 is 0 Å². The molecule has 0 saturated heterocycles. The quantitative estimate of drug-likeness (QED) is 0.895. The van der Waals surface area contributed by atoms with Crippen LogP contribution in [-0.4, -0.2) is 16.0 Å². The van der Waals surface area contributed by atoms with Crippen LogP contribution in [0.25, 0.3) is 0 Å². The fraction of sp³-hybridized carbons (Fsp3) is 0.333. The molecule has 0 bridgehead atoms. The third-order valence-corrected chi connectivity index (χ3v) is 3.74. The summed E-state index contributed by atoms with van der Waals surface area (Å²) >= 11 is 0. The van der Waals surface area contributed by atoms with Crippen LogP contribution in [0, 0.1) is 0 Å². The number of rotatable bonds is 2. The zero-order chi connectivity index (χ0) is 13.4. The first-order valence-corrected chi connectivity index (χ1v) is 6.68. The normalized spacial score (nSPS) is 17.6. The van der Waals surface area contributed by atoms with Crippen LogP contribution in [0.3, 0.4) is 0 Å². The molecular weight excluding hydrogens is 236 g/mol. The fourth-order valence-electron chi connectivity index (χ4n) is 2.85. The van der Waals surface area contributed by atoms with Crippen molar-refractivity contribution >= 4 is 17.3 Å². The Kier molecular flexibility index (Phi) is 2.85. The summed E-state index contributed by atoms with van der Waals surface area (Å²) in [7, 11) is 0. The summed E-state index contributed by atoms with van der Waals surface area (Å²) in [4.78, 5) is 10.9. The van der Waals surface area contributed by atoms with E-state index in [9.17, 15) is 0 Å². The summed E-state index contributed by atoms with van der Waals surface area (Å²) in [6, 6.07) is 8.89. The van der Waals surface area contributed by atoms with Gasteiger partial charge in [-0.1, -0.05) is 25.1 Å². The number of anilines is 3. The van der Waals surface area contributed by atoms with Crippen molar-refractivity contribution in [2.75, 3.05) is 10.6 Å². The first-order valence-electron chi connectivity index (χ1n) is 6.68. The van der Waals surface area contributed by atoms with Crippen LogP contribution in [0.1, 0.15) is 25.0 Å². The Morgan fingerprint density at radius 2 is 2.11 bits per heavy atom. The Balaban J connectivity index is 2.15. The average Bonchev–Trinajstić information content (AvgIpc) is 2.74. The Morgan fingerprint density at radius 1 is 1.32 bits per heavy atom. The van der Waals surface area contributed by atoms with E-state index in [4.69, 9.17) is 5.73 Å². The highest BCUT2D eigenvalue weighted by atomic mass is 15.2. The van der Waals surface area contributed by atoms with Crippen LogP contribution < -0.4 is 10.6 Å². The van der Waals surface area contributed by atoms with Crippen molar-refractivity contribution in [1.82, 2.24) is 9.97 Å². The molecule has 2 aromatic rings. The second-order valence-electron chi connectivity index (χ2n) is 4.97. The molecule has 0 saturated carbocycles. The second kappa shape index (κ2) is 4.53. The van der Waals surface area contributed by atoms with Gasteiger partial charge in [0.15, 0.2) is 0 Å². The smallest absolute Gasteiger partial charge is 0.142 e. The molecule has 3 rings (SSSR count). The molecule has 1 unspecified atom stereocenters. The van der Waals surface area contributed by atoms with Crippen molar-refractivity contribution in [3.05, 3.63) is 41.7 Å². The minimum atomic E-state index is 0.400. The van der Waals surface area contributed by atoms with E-state index in [1.54, 1.807) is 6.33 Å². The molecule has 0 aliphatic carbocycles. The first kappa shape index (κ1) is 12.0. The topological polar surface area (TPSA) is 55.0 Å². The number of nitrogens with zero attached hydrogens (tertiary/aromatic N) is 3. The predicted molar refractivity (Wildman–Crippen MR) is 77.6 cm³/mol. The molecule has 1 aromatic carbocycles. The van der Waals surface area contributed by atoms with Gasteiger partial charge in [0.25, 0.3) is 0 Å². The molecule has 0 fully saturated rings. The summed E-state index contributed by atoms with van der Waals surface area (Å²) in [6.45, 7) is 4.31. The lowest BCUT2D eigenvalue weighted by molar-refractivity contribution is 0.744. The number of aromatic nitrogens is 2. The molecule has 1 aromatic heterocycles. The van der Waals surface area contributed by atoms with Gasteiger partial charge in [-0.15, -0.1) is 0 Å². The van der Waals surface area contributed by atoms with E-state index < -0.39 is 0 Å². The number of benzene rings is 1. The zero-order valence-electron chi connectivity index (χ0n) is 11.3. The van der Waals surface area contributed by atoms with Gasteiger partial charge in [-0.3, -0.25) is 0 Å². The number of para-hydroxylation sites is 1. The number of nitrogens with two attached hydrogens (primary N) is 1. The molecular formula is C15H18N4. The highest BCUT2D eigenvalue weighted by molar-refractivity contribution is 5.72. The third kappa shape index (κ3) is 1.84. The van der Waals surface area contributed by atoms with Gasteiger partial charge in [-0.05, 0) is 31.4 Å². The summed E-state index contributed by atoms with van der Waals surface area (Å²) in [5.41, 5.74) is 9.63. The maximum Gasteiger partial charge on any atom is 0.142 e. The minimum Gasteiger partial charge on any atom is -0.383 e. The lowest BCUT2D eigenvalue weighted by Crippen LogP contribution is -2.26. The second-order valence-corrected chi connectivity index (χ2v) is 4.97.